The lowest BCUT2D eigenvalue weighted by Crippen LogP contribution is -2.37. The van der Waals surface area contributed by atoms with Crippen LogP contribution in [-0.4, -0.2) is 48.5 Å². The lowest BCUT2D eigenvalue weighted by Gasteiger charge is -2.28. The van der Waals surface area contributed by atoms with E-state index in [1.807, 2.05) is 12.3 Å². The summed E-state index contributed by atoms with van der Waals surface area (Å²) in [6.45, 7) is 5.73. The zero-order chi connectivity index (χ0) is 18.5. The molecule has 1 unspecified atom stereocenters. The Kier molecular flexibility index (Phi) is 9.37. The molecular weight excluding hydrogens is 407 g/mol. The lowest BCUT2D eigenvalue weighted by molar-refractivity contribution is 0.0947. The van der Waals surface area contributed by atoms with Crippen molar-refractivity contribution in [2.24, 2.45) is 5.92 Å². The largest absolute Gasteiger partial charge is 0.351 e. The molecule has 29 heavy (non-hydrogen) atoms. The number of fused-ring (bicyclic) bond motifs is 1. The van der Waals surface area contributed by atoms with Crippen molar-refractivity contribution in [3.63, 3.8) is 0 Å². The summed E-state index contributed by atoms with van der Waals surface area (Å²) in [5.74, 6) is 0.637. The number of halogens is 2. The van der Waals surface area contributed by atoms with Crippen molar-refractivity contribution in [3.8, 4) is 0 Å². The molecule has 1 atom stereocenters. The van der Waals surface area contributed by atoms with Gasteiger partial charge in [0.1, 0.15) is 0 Å². The van der Waals surface area contributed by atoms with E-state index in [2.05, 4.69) is 44.8 Å². The predicted octanol–water partition coefficient (Wildman–Crippen LogP) is 2.87. The van der Waals surface area contributed by atoms with Crippen LogP contribution in [0.5, 0.6) is 0 Å². The number of hydrogen-bond acceptors (Lipinski definition) is 4. The summed E-state index contributed by atoms with van der Waals surface area (Å²) in [7, 11) is 0. The summed E-state index contributed by atoms with van der Waals surface area (Å²) in [6, 6.07) is 10.6. The molecule has 2 aliphatic heterocycles. The number of nitrogens with one attached hydrogen (secondary N) is 2. The molecule has 7 heteroatoms. The maximum absolute atomic E-state index is 12.5. The maximum Gasteiger partial charge on any atom is 0.252 e. The van der Waals surface area contributed by atoms with E-state index in [1.165, 1.54) is 17.5 Å². The Morgan fingerprint density at radius 2 is 2.03 bits per heavy atom. The quantitative estimate of drug-likeness (QED) is 0.730. The second-order valence-electron chi connectivity index (χ2n) is 7.70. The molecule has 2 aromatic rings. The first-order valence-corrected chi connectivity index (χ1v) is 10.00. The molecular formula is C22H30Cl2N4O. The highest BCUT2D eigenvalue weighted by atomic mass is 35.5. The van der Waals surface area contributed by atoms with Gasteiger partial charge in [0, 0.05) is 38.6 Å². The van der Waals surface area contributed by atoms with Crippen LogP contribution in [-0.2, 0) is 19.4 Å². The minimum Gasteiger partial charge on any atom is -0.351 e. The monoisotopic (exact) mass is 436 g/mol. The highest BCUT2D eigenvalue weighted by molar-refractivity contribution is 5.94. The summed E-state index contributed by atoms with van der Waals surface area (Å²) >= 11 is 0. The molecule has 0 bridgehead atoms. The van der Waals surface area contributed by atoms with E-state index in [0.717, 1.165) is 51.1 Å². The molecule has 158 valence electrons. The van der Waals surface area contributed by atoms with Gasteiger partial charge in [0.15, 0.2) is 0 Å². The van der Waals surface area contributed by atoms with E-state index < -0.39 is 0 Å². The smallest absolute Gasteiger partial charge is 0.252 e. The zero-order valence-corrected chi connectivity index (χ0v) is 18.2. The summed E-state index contributed by atoms with van der Waals surface area (Å²) < 4.78 is 0. The molecule has 1 fully saturated rings. The molecule has 2 aliphatic rings. The topological polar surface area (TPSA) is 57.3 Å². The number of rotatable bonds is 6. The number of pyridine rings is 1. The van der Waals surface area contributed by atoms with Crippen molar-refractivity contribution in [1.82, 2.24) is 20.5 Å². The third-order valence-corrected chi connectivity index (χ3v) is 5.67. The van der Waals surface area contributed by atoms with Crippen LogP contribution >= 0.6 is 24.8 Å². The van der Waals surface area contributed by atoms with Crippen LogP contribution in [0.3, 0.4) is 0 Å². The van der Waals surface area contributed by atoms with Gasteiger partial charge in [0.05, 0.1) is 5.56 Å². The van der Waals surface area contributed by atoms with Gasteiger partial charge in [-0.05, 0) is 61.0 Å². The molecule has 0 aliphatic carbocycles. The minimum absolute atomic E-state index is 0. The average Bonchev–Trinajstić information content (AvgIpc) is 3.21. The summed E-state index contributed by atoms with van der Waals surface area (Å²) in [4.78, 5) is 19.2. The van der Waals surface area contributed by atoms with Gasteiger partial charge < -0.3 is 10.6 Å². The first kappa shape index (κ1) is 23.6. The van der Waals surface area contributed by atoms with Crippen LogP contribution < -0.4 is 10.6 Å². The van der Waals surface area contributed by atoms with Gasteiger partial charge in [-0.3, -0.25) is 14.7 Å². The Hall–Kier alpha value is -1.66. The molecule has 1 amide bonds. The van der Waals surface area contributed by atoms with Crippen molar-refractivity contribution < 1.29 is 4.79 Å². The molecule has 0 radical (unpaired) electrons. The second kappa shape index (κ2) is 11.5. The summed E-state index contributed by atoms with van der Waals surface area (Å²) in [6.07, 6.45) is 6.85. The Labute approximate surface area is 185 Å². The molecule has 0 spiro atoms. The van der Waals surface area contributed by atoms with Crippen LogP contribution in [0.1, 0.15) is 33.5 Å². The van der Waals surface area contributed by atoms with E-state index in [9.17, 15) is 4.79 Å². The molecule has 3 heterocycles. The first-order valence-electron chi connectivity index (χ1n) is 10.00. The molecule has 5 nitrogen and oxygen atoms in total. The maximum atomic E-state index is 12.5. The van der Waals surface area contributed by atoms with Crippen LogP contribution in [0.25, 0.3) is 0 Å². The van der Waals surface area contributed by atoms with Gasteiger partial charge in [-0.25, -0.2) is 0 Å². The standard InChI is InChI=1S/C22H28N4O.2ClH/c27-22(21-12-18(14-24-15-21)11-17-5-7-23-13-17)25-8-10-26-9-6-19-3-1-2-4-20(19)16-26;;/h1-4,12,14-15,17,23H,5-11,13,16H2,(H,25,27);2*1H. The van der Waals surface area contributed by atoms with E-state index in [0.29, 0.717) is 18.0 Å². The number of aromatic nitrogens is 1. The van der Waals surface area contributed by atoms with Crippen LogP contribution in [0.2, 0.25) is 0 Å². The number of carbonyl (C=O) groups excluding carboxylic acids is 1. The van der Waals surface area contributed by atoms with Gasteiger partial charge in [0.25, 0.3) is 5.91 Å². The van der Waals surface area contributed by atoms with Crippen molar-refractivity contribution in [2.45, 2.75) is 25.8 Å². The fourth-order valence-corrected chi connectivity index (χ4v) is 4.12. The molecule has 4 rings (SSSR count). The Bertz CT molecular complexity index is 796. The van der Waals surface area contributed by atoms with Crippen molar-refractivity contribution in [3.05, 3.63) is 65.0 Å². The molecule has 1 saturated heterocycles. The Balaban J connectivity index is 0.00000150. The lowest BCUT2D eigenvalue weighted by atomic mass is 9.99. The number of nitrogens with zero attached hydrogens (tertiary/aromatic N) is 2. The van der Waals surface area contributed by atoms with E-state index in [-0.39, 0.29) is 30.7 Å². The zero-order valence-electron chi connectivity index (χ0n) is 16.6. The van der Waals surface area contributed by atoms with Gasteiger partial charge >= 0.3 is 0 Å². The average molecular weight is 437 g/mol. The fraction of sp³-hybridized carbons (Fsp3) is 0.455. The normalized spacial score (nSPS) is 18.3. The molecule has 2 N–H and O–H groups in total. The van der Waals surface area contributed by atoms with Gasteiger partial charge in [0.2, 0.25) is 0 Å². The van der Waals surface area contributed by atoms with Crippen molar-refractivity contribution >= 4 is 30.7 Å². The third kappa shape index (κ3) is 6.41. The first-order chi connectivity index (χ1) is 13.3. The predicted molar refractivity (Wildman–Crippen MR) is 121 cm³/mol. The highest BCUT2D eigenvalue weighted by Gasteiger charge is 2.17. The van der Waals surface area contributed by atoms with E-state index in [1.54, 1.807) is 6.20 Å². The molecule has 1 aromatic heterocycles. The van der Waals surface area contributed by atoms with Gasteiger partial charge in [-0.1, -0.05) is 24.3 Å². The number of amides is 1. The second-order valence-corrected chi connectivity index (χ2v) is 7.70. The van der Waals surface area contributed by atoms with Crippen molar-refractivity contribution in [1.29, 1.82) is 0 Å². The summed E-state index contributed by atoms with van der Waals surface area (Å²) in [5.41, 5.74) is 4.69. The van der Waals surface area contributed by atoms with E-state index >= 15 is 0 Å². The fourth-order valence-electron chi connectivity index (χ4n) is 4.12. The van der Waals surface area contributed by atoms with Crippen LogP contribution in [0.4, 0.5) is 0 Å². The van der Waals surface area contributed by atoms with Gasteiger partial charge in [-0.15, -0.1) is 24.8 Å². The van der Waals surface area contributed by atoms with Crippen LogP contribution in [0.15, 0.2) is 42.7 Å². The molecule has 1 aromatic carbocycles. The van der Waals surface area contributed by atoms with E-state index in [4.69, 9.17) is 0 Å². The number of hydrogen-bond donors (Lipinski definition) is 2. The minimum atomic E-state index is -0.0219. The summed E-state index contributed by atoms with van der Waals surface area (Å²) in [5, 5.41) is 6.45. The number of benzene rings is 1. The van der Waals surface area contributed by atoms with Crippen molar-refractivity contribution in [2.75, 3.05) is 32.7 Å². The number of carbonyl (C=O) groups is 1. The Morgan fingerprint density at radius 1 is 1.21 bits per heavy atom. The highest BCUT2D eigenvalue weighted by Crippen LogP contribution is 2.18. The third-order valence-electron chi connectivity index (χ3n) is 5.67. The Morgan fingerprint density at radius 3 is 2.83 bits per heavy atom. The SMILES string of the molecule is Cl.Cl.O=C(NCCN1CCc2ccccc2C1)c1cncc(CC2CCNC2)c1. The molecule has 0 saturated carbocycles. The van der Waals surface area contributed by atoms with Gasteiger partial charge in [-0.2, -0.15) is 0 Å². The van der Waals surface area contributed by atoms with Crippen LogP contribution in [0, 0.1) is 5.92 Å².